The van der Waals surface area contributed by atoms with Gasteiger partial charge in [0.1, 0.15) is 11.4 Å². The fraction of sp³-hybridized carbons (Fsp3) is 0.727. The summed E-state index contributed by atoms with van der Waals surface area (Å²) in [6.45, 7) is 6.92. The molecule has 0 spiro atoms. The van der Waals surface area contributed by atoms with Gasteiger partial charge in [0.15, 0.2) is 4.34 Å². The summed E-state index contributed by atoms with van der Waals surface area (Å²) in [6.07, 6.45) is 1.89. The summed E-state index contributed by atoms with van der Waals surface area (Å²) in [5.41, 5.74) is -0.487. The van der Waals surface area contributed by atoms with Gasteiger partial charge in [-0.05, 0) is 31.4 Å². The second kappa shape index (κ2) is 6.94. The summed E-state index contributed by atoms with van der Waals surface area (Å²) in [5.74, 6) is 1.58. The molecular weight excluding hydrogens is 252 g/mol. The molecule has 0 bridgehead atoms. The first-order chi connectivity index (χ1) is 8.13. The van der Waals surface area contributed by atoms with E-state index in [1.165, 1.54) is 11.5 Å². The van der Waals surface area contributed by atoms with E-state index in [-0.39, 0.29) is 0 Å². The number of hydrogen-bond donors (Lipinski definition) is 1. The zero-order valence-electron chi connectivity index (χ0n) is 10.5. The van der Waals surface area contributed by atoms with Crippen molar-refractivity contribution in [2.24, 2.45) is 0 Å². The molecule has 0 fully saturated rings. The molecule has 0 aliphatic heterocycles. The van der Waals surface area contributed by atoms with E-state index in [9.17, 15) is 5.26 Å². The molecule has 1 rings (SSSR count). The van der Waals surface area contributed by atoms with E-state index in [1.54, 1.807) is 11.8 Å². The molecule has 0 aliphatic carbocycles. The quantitative estimate of drug-likeness (QED) is 0.771. The largest absolute Gasteiger partial charge is 0.299 e. The highest BCUT2D eigenvalue weighted by Crippen LogP contribution is 2.24. The Labute approximate surface area is 111 Å². The van der Waals surface area contributed by atoms with Crippen molar-refractivity contribution < 1.29 is 0 Å². The van der Waals surface area contributed by atoms with Gasteiger partial charge in [-0.2, -0.15) is 9.64 Å². The molecule has 6 heteroatoms. The predicted octanol–water partition coefficient (Wildman–Crippen LogP) is 2.47. The minimum Gasteiger partial charge on any atom is -0.299 e. The van der Waals surface area contributed by atoms with Gasteiger partial charge in [0.05, 0.1) is 6.07 Å². The zero-order valence-corrected chi connectivity index (χ0v) is 12.1. The highest BCUT2D eigenvalue weighted by Gasteiger charge is 2.23. The fourth-order valence-corrected chi connectivity index (χ4v) is 2.92. The van der Waals surface area contributed by atoms with Crippen molar-refractivity contribution in [1.29, 1.82) is 5.26 Å². The van der Waals surface area contributed by atoms with Gasteiger partial charge in [-0.25, -0.2) is 4.98 Å². The average molecular weight is 270 g/mol. The predicted molar refractivity (Wildman–Crippen MR) is 72.3 cm³/mol. The third-order valence-electron chi connectivity index (χ3n) is 2.26. The summed E-state index contributed by atoms with van der Waals surface area (Å²) in [4.78, 5) is 4.38. The summed E-state index contributed by atoms with van der Waals surface area (Å²) in [6, 6.07) is 2.33. The number of aryl methyl sites for hydroxylation is 1. The second-order valence-electron chi connectivity index (χ2n) is 3.99. The number of aromatic nitrogens is 2. The van der Waals surface area contributed by atoms with Crippen LogP contribution in [0.4, 0.5) is 0 Å². The van der Waals surface area contributed by atoms with Gasteiger partial charge in [-0.1, -0.05) is 25.6 Å². The van der Waals surface area contributed by atoms with Gasteiger partial charge in [0.2, 0.25) is 0 Å². The smallest absolute Gasteiger partial charge is 0.170 e. The molecule has 0 saturated carbocycles. The van der Waals surface area contributed by atoms with Crippen LogP contribution >= 0.6 is 23.3 Å². The van der Waals surface area contributed by atoms with E-state index in [2.05, 4.69) is 27.7 Å². The van der Waals surface area contributed by atoms with Gasteiger partial charge in [-0.15, -0.1) is 0 Å². The lowest BCUT2D eigenvalue weighted by atomic mass is 10.1. The van der Waals surface area contributed by atoms with Crippen molar-refractivity contribution in [3.8, 4) is 6.07 Å². The third-order valence-corrected chi connectivity index (χ3v) is 4.45. The minimum atomic E-state index is -0.487. The Morgan fingerprint density at radius 2 is 2.29 bits per heavy atom. The van der Waals surface area contributed by atoms with Gasteiger partial charge >= 0.3 is 0 Å². The molecular formula is C11H18N4S2. The fourth-order valence-electron chi connectivity index (χ4n) is 1.17. The first-order valence-electron chi connectivity index (χ1n) is 5.75. The van der Waals surface area contributed by atoms with Crippen molar-refractivity contribution >= 4 is 23.3 Å². The highest BCUT2D eigenvalue weighted by molar-refractivity contribution is 8.01. The first kappa shape index (κ1) is 14.4. The molecule has 17 heavy (non-hydrogen) atoms. The van der Waals surface area contributed by atoms with Crippen molar-refractivity contribution in [3.63, 3.8) is 0 Å². The number of nitrogens with one attached hydrogen (secondary N) is 1. The van der Waals surface area contributed by atoms with Crippen LogP contribution in [0.2, 0.25) is 0 Å². The van der Waals surface area contributed by atoms with E-state index < -0.39 is 5.54 Å². The van der Waals surface area contributed by atoms with Crippen LogP contribution in [0.1, 0.15) is 33.0 Å². The third kappa shape index (κ3) is 4.62. The van der Waals surface area contributed by atoms with Crippen molar-refractivity contribution in [2.75, 3.05) is 12.3 Å². The van der Waals surface area contributed by atoms with Crippen LogP contribution < -0.4 is 5.32 Å². The Bertz CT molecular complexity index is 385. The summed E-state index contributed by atoms with van der Waals surface area (Å²) >= 11 is 3.01. The molecule has 1 N–H and O–H groups in total. The lowest BCUT2D eigenvalue weighted by molar-refractivity contribution is 0.493. The molecule has 1 heterocycles. The molecule has 4 nitrogen and oxygen atoms in total. The van der Waals surface area contributed by atoms with Crippen LogP contribution in [0.3, 0.4) is 0 Å². The van der Waals surface area contributed by atoms with Gasteiger partial charge in [-0.3, -0.25) is 5.32 Å². The summed E-state index contributed by atoms with van der Waals surface area (Å²) in [5, 5.41) is 12.4. The topological polar surface area (TPSA) is 61.6 Å². The van der Waals surface area contributed by atoms with Crippen LogP contribution in [-0.4, -0.2) is 27.2 Å². The normalized spacial score (nSPS) is 14.2. The summed E-state index contributed by atoms with van der Waals surface area (Å²) < 4.78 is 5.18. The molecule has 94 valence electrons. The molecule has 0 radical (unpaired) electrons. The van der Waals surface area contributed by atoms with Crippen LogP contribution in [0.5, 0.6) is 0 Å². The zero-order chi connectivity index (χ0) is 12.7. The van der Waals surface area contributed by atoms with Crippen molar-refractivity contribution in [1.82, 2.24) is 14.7 Å². The second-order valence-corrected chi connectivity index (χ2v) is 5.96. The molecule has 0 saturated heterocycles. The Balaban J connectivity index is 2.49. The average Bonchev–Trinajstić information content (AvgIpc) is 2.82. The van der Waals surface area contributed by atoms with E-state index in [4.69, 9.17) is 0 Å². The standard InChI is InChI=1S/C11H18N4S2/c1-4-6-13-11(3,7-12)8-16-10-14-9(5-2)15-17-10/h13H,4-6,8H2,1-3H3. The van der Waals surface area contributed by atoms with E-state index >= 15 is 0 Å². The molecule has 0 aliphatic rings. The molecule has 1 unspecified atom stereocenters. The highest BCUT2D eigenvalue weighted by atomic mass is 32.2. The Hall–Kier alpha value is -0.640. The Morgan fingerprint density at radius 3 is 2.82 bits per heavy atom. The lowest BCUT2D eigenvalue weighted by Crippen LogP contribution is -2.43. The first-order valence-corrected chi connectivity index (χ1v) is 7.51. The number of rotatable bonds is 7. The number of nitrogens with zero attached hydrogens (tertiary/aromatic N) is 3. The minimum absolute atomic E-state index is 0.487. The van der Waals surface area contributed by atoms with E-state index in [0.29, 0.717) is 5.75 Å². The number of nitriles is 1. The van der Waals surface area contributed by atoms with Crippen molar-refractivity contribution in [3.05, 3.63) is 5.82 Å². The molecule has 0 aromatic carbocycles. The molecule has 1 atom stereocenters. The maximum atomic E-state index is 9.18. The Kier molecular flexibility index (Phi) is 5.89. The molecule has 1 aromatic rings. The van der Waals surface area contributed by atoms with E-state index in [0.717, 1.165) is 29.6 Å². The van der Waals surface area contributed by atoms with Crippen LogP contribution in [0.15, 0.2) is 4.34 Å². The van der Waals surface area contributed by atoms with Crippen LogP contribution in [0.25, 0.3) is 0 Å². The monoisotopic (exact) mass is 270 g/mol. The lowest BCUT2D eigenvalue weighted by Gasteiger charge is -2.21. The molecule has 0 amide bonds. The van der Waals surface area contributed by atoms with Crippen molar-refractivity contribution in [2.45, 2.75) is 43.5 Å². The Morgan fingerprint density at radius 1 is 1.53 bits per heavy atom. The number of hydrogen-bond acceptors (Lipinski definition) is 6. The van der Waals surface area contributed by atoms with Gasteiger partial charge in [0.25, 0.3) is 0 Å². The van der Waals surface area contributed by atoms with Crippen LogP contribution in [0, 0.1) is 11.3 Å². The maximum Gasteiger partial charge on any atom is 0.170 e. The van der Waals surface area contributed by atoms with Gasteiger partial charge in [0, 0.05) is 12.2 Å². The SMILES string of the molecule is CCCNC(C)(C#N)CSc1nc(CC)ns1. The maximum absolute atomic E-state index is 9.18. The van der Waals surface area contributed by atoms with Crippen LogP contribution in [-0.2, 0) is 6.42 Å². The molecule has 1 aromatic heterocycles. The summed E-state index contributed by atoms with van der Waals surface area (Å²) in [7, 11) is 0. The van der Waals surface area contributed by atoms with E-state index in [1.807, 2.05) is 13.8 Å². The van der Waals surface area contributed by atoms with Gasteiger partial charge < -0.3 is 0 Å². The number of thioether (sulfide) groups is 1.